The lowest BCUT2D eigenvalue weighted by Crippen LogP contribution is -2.53. The third kappa shape index (κ3) is 5.07. The lowest BCUT2D eigenvalue weighted by Gasteiger charge is -2.28. The molecule has 3 rings (SSSR count). The summed E-state index contributed by atoms with van der Waals surface area (Å²) in [5.41, 5.74) is 1.47. The summed E-state index contributed by atoms with van der Waals surface area (Å²) >= 11 is 5.87. The summed E-state index contributed by atoms with van der Waals surface area (Å²) in [6, 6.07) is 15.7. The molecule has 0 bridgehead atoms. The Hall–Kier alpha value is -2.37. The van der Waals surface area contributed by atoms with Crippen LogP contribution < -0.4 is 16.0 Å². The van der Waals surface area contributed by atoms with E-state index >= 15 is 0 Å². The van der Waals surface area contributed by atoms with Crippen LogP contribution in [0.25, 0.3) is 0 Å². The molecule has 136 valence electrons. The van der Waals surface area contributed by atoms with E-state index in [9.17, 15) is 9.59 Å². The first-order chi connectivity index (χ1) is 12.6. The van der Waals surface area contributed by atoms with Gasteiger partial charge in [0, 0.05) is 42.6 Å². The second-order valence-corrected chi connectivity index (χ2v) is 6.93. The van der Waals surface area contributed by atoms with Crippen LogP contribution in [0.3, 0.4) is 0 Å². The normalized spacial score (nSPS) is 15.0. The molecule has 0 spiro atoms. The summed E-state index contributed by atoms with van der Waals surface area (Å²) < 4.78 is 0. The molecule has 6 heteroatoms. The van der Waals surface area contributed by atoms with Gasteiger partial charge in [0.05, 0.1) is 0 Å². The van der Waals surface area contributed by atoms with Crippen molar-refractivity contribution in [2.24, 2.45) is 5.92 Å². The lowest BCUT2D eigenvalue weighted by molar-refractivity contribution is -0.123. The molecule has 0 aliphatic carbocycles. The van der Waals surface area contributed by atoms with Crippen molar-refractivity contribution in [3.05, 3.63) is 70.7 Å². The highest BCUT2D eigenvalue weighted by Crippen LogP contribution is 2.11. The SMILES string of the molecule is O=C(NC(Cc1ccccc1)C(=O)NCC1CNC1)c1ccc(Cl)cc1. The first-order valence-corrected chi connectivity index (χ1v) is 9.08. The first kappa shape index (κ1) is 18.4. The van der Waals surface area contributed by atoms with Crippen LogP contribution in [0.5, 0.6) is 0 Å². The van der Waals surface area contributed by atoms with Crippen molar-refractivity contribution in [3.63, 3.8) is 0 Å². The molecule has 5 nitrogen and oxygen atoms in total. The summed E-state index contributed by atoms with van der Waals surface area (Å²) in [6.07, 6.45) is 0.439. The van der Waals surface area contributed by atoms with Gasteiger partial charge in [-0.3, -0.25) is 9.59 Å². The fraction of sp³-hybridized carbons (Fsp3) is 0.300. The Bertz CT molecular complexity index is 745. The van der Waals surface area contributed by atoms with Crippen molar-refractivity contribution in [1.29, 1.82) is 0 Å². The van der Waals surface area contributed by atoms with Gasteiger partial charge in [-0.25, -0.2) is 0 Å². The number of hydrogen-bond donors (Lipinski definition) is 3. The highest BCUT2D eigenvalue weighted by molar-refractivity contribution is 6.30. The second-order valence-electron chi connectivity index (χ2n) is 6.49. The highest BCUT2D eigenvalue weighted by atomic mass is 35.5. The predicted molar refractivity (Wildman–Crippen MR) is 102 cm³/mol. The van der Waals surface area contributed by atoms with Gasteiger partial charge in [-0.1, -0.05) is 41.9 Å². The molecular weight excluding hydrogens is 350 g/mol. The van der Waals surface area contributed by atoms with E-state index in [-0.39, 0.29) is 11.8 Å². The van der Waals surface area contributed by atoms with Gasteiger partial charge in [0.15, 0.2) is 0 Å². The largest absolute Gasteiger partial charge is 0.354 e. The Balaban J connectivity index is 1.67. The molecule has 0 saturated carbocycles. The van der Waals surface area contributed by atoms with Crippen LogP contribution in [0.2, 0.25) is 5.02 Å². The Morgan fingerprint density at radius 3 is 2.38 bits per heavy atom. The smallest absolute Gasteiger partial charge is 0.251 e. The van der Waals surface area contributed by atoms with Crippen LogP contribution >= 0.6 is 11.6 Å². The second kappa shape index (κ2) is 8.83. The quantitative estimate of drug-likeness (QED) is 0.697. The number of halogens is 1. The van der Waals surface area contributed by atoms with Gasteiger partial charge in [0.1, 0.15) is 6.04 Å². The van der Waals surface area contributed by atoms with E-state index < -0.39 is 6.04 Å². The molecule has 1 aliphatic rings. The van der Waals surface area contributed by atoms with Gasteiger partial charge in [0.25, 0.3) is 5.91 Å². The number of amides is 2. The molecule has 2 aromatic rings. The maximum absolute atomic E-state index is 12.6. The number of carbonyl (C=O) groups excluding carboxylic acids is 2. The first-order valence-electron chi connectivity index (χ1n) is 8.70. The van der Waals surface area contributed by atoms with Crippen LogP contribution in [0.1, 0.15) is 15.9 Å². The molecule has 26 heavy (non-hydrogen) atoms. The standard InChI is InChI=1S/C20H22ClN3O2/c21-17-8-6-16(7-9-17)19(25)24-18(10-14-4-2-1-3-5-14)20(26)23-13-15-11-22-12-15/h1-9,15,18,22H,10-13H2,(H,23,26)(H,24,25). The number of carbonyl (C=O) groups is 2. The average Bonchev–Trinajstić information content (AvgIpc) is 2.61. The maximum Gasteiger partial charge on any atom is 0.251 e. The zero-order chi connectivity index (χ0) is 18.4. The van der Waals surface area contributed by atoms with Crippen LogP contribution in [0, 0.1) is 5.92 Å². The minimum absolute atomic E-state index is 0.164. The summed E-state index contributed by atoms with van der Waals surface area (Å²) in [5, 5.41) is 9.55. The van der Waals surface area contributed by atoms with E-state index in [1.807, 2.05) is 30.3 Å². The number of nitrogens with one attached hydrogen (secondary N) is 3. The number of benzene rings is 2. The molecule has 3 N–H and O–H groups in total. The third-order valence-electron chi connectivity index (χ3n) is 4.44. The van der Waals surface area contributed by atoms with Gasteiger partial charge in [0.2, 0.25) is 5.91 Å². The van der Waals surface area contributed by atoms with Crippen LogP contribution in [-0.4, -0.2) is 37.5 Å². The molecule has 1 atom stereocenters. The lowest BCUT2D eigenvalue weighted by atomic mass is 10.0. The van der Waals surface area contributed by atoms with Gasteiger partial charge < -0.3 is 16.0 Å². The monoisotopic (exact) mass is 371 g/mol. The topological polar surface area (TPSA) is 70.2 Å². The number of rotatable bonds is 7. The average molecular weight is 372 g/mol. The van der Waals surface area contributed by atoms with Crippen molar-refractivity contribution in [1.82, 2.24) is 16.0 Å². The van der Waals surface area contributed by atoms with Gasteiger partial charge in [-0.15, -0.1) is 0 Å². The van der Waals surface area contributed by atoms with Crippen LogP contribution in [-0.2, 0) is 11.2 Å². The van der Waals surface area contributed by atoms with Crippen LogP contribution in [0.15, 0.2) is 54.6 Å². The summed E-state index contributed by atoms with van der Waals surface area (Å²) in [7, 11) is 0. The van der Waals surface area contributed by atoms with Crippen molar-refractivity contribution >= 4 is 23.4 Å². The molecule has 1 heterocycles. The third-order valence-corrected chi connectivity index (χ3v) is 4.69. The molecule has 0 aromatic heterocycles. The Labute approximate surface area is 158 Å². The van der Waals surface area contributed by atoms with Crippen LogP contribution in [0.4, 0.5) is 0 Å². The van der Waals surface area contributed by atoms with E-state index in [4.69, 9.17) is 11.6 Å². The molecule has 2 amide bonds. The molecule has 0 radical (unpaired) electrons. The fourth-order valence-corrected chi connectivity index (χ4v) is 2.89. The Morgan fingerprint density at radius 1 is 1.08 bits per heavy atom. The molecule has 1 aliphatic heterocycles. The van der Waals surface area contributed by atoms with E-state index in [1.54, 1.807) is 24.3 Å². The Morgan fingerprint density at radius 2 is 1.77 bits per heavy atom. The van der Waals surface area contributed by atoms with Gasteiger partial charge >= 0.3 is 0 Å². The van der Waals surface area contributed by atoms with Crippen molar-refractivity contribution in [2.75, 3.05) is 19.6 Å². The van der Waals surface area contributed by atoms with Gasteiger partial charge in [-0.2, -0.15) is 0 Å². The number of hydrogen-bond acceptors (Lipinski definition) is 3. The maximum atomic E-state index is 12.6. The summed E-state index contributed by atoms with van der Waals surface area (Å²) in [6.45, 7) is 2.45. The highest BCUT2D eigenvalue weighted by Gasteiger charge is 2.24. The van der Waals surface area contributed by atoms with Crippen molar-refractivity contribution in [2.45, 2.75) is 12.5 Å². The Kier molecular flexibility index (Phi) is 6.26. The molecular formula is C20H22ClN3O2. The van der Waals surface area contributed by atoms with Gasteiger partial charge in [-0.05, 0) is 29.8 Å². The minimum Gasteiger partial charge on any atom is -0.354 e. The van der Waals surface area contributed by atoms with Crippen molar-refractivity contribution < 1.29 is 9.59 Å². The molecule has 2 aromatic carbocycles. The zero-order valence-electron chi connectivity index (χ0n) is 14.4. The van der Waals surface area contributed by atoms with E-state index in [0.717, 1.165) is 18.7 Å². The van der Waals surface area contributed by atoms with Crippen molar-refractivity contribution in [3.8, 4) is 0 Å². The minimum atomic E-state index is -0.631. The van der Waals surface area contributed by atoms with E-state index in [0.29, 0.717) is 29.5 Å². The van der Waals surface area contributed by atoms with E-state index in [2.05, 4.69) is 16.0 Å². The fourth-order valence-electron chi connectivity index (χ4n) is 2.76. The zero-order valence-corrected chi connectivity index (χ0v) is 15.1. The summed E-state index contributed by atoms with van der Waals surface area (Å²) in [4.78, 5) is 25.2. The molecule has 1 saturated heterocycles. The summed E-state index contributed by atoms with van der Waals surface area (Å²) in [5.74, 6) is 0.00872. The molecule has 1 unspecified atom stereocenters. The van der Waals surface area contributed by atoms with E-state index in [1.165, 1.54) is 0 Å². The molecule has 1 fully saturated rings. The predicted octanol–water partition coefficient (Wildman–Crippen LogP) is 2.02.